The largest absolute Gasteiger partial charge is 0.349 e. The molecule has 1 aliphatic heterocycles. The van der Waals surface area contributed by atoms with E-state index < -0.39 is 0 Å². The van der Waals surface area contributed by atoms with Gasteiger partial charge in [0.05, 0.1) is 15.6 Å². The predicted molar refractivity (Wildman–Crippen MR) is 95.3 cm³/mol. The van der Waals surface area contributed by atoms with Gasteiger partial charge < -0.3 is 10.2 Å². The number of halogens is 2. The number of carbonyl (C=O) groups is 1. The number of nitrogens with zero attached hydrogens (tertiary/aromatic N) is 1. The normalized spacial score (nSPS) is 20.8. The van der Waals surface area contributed by atoms with Crippen molar-refractivity contribution in [3.05, 3.63) is 33.8 Å². The molecule has 1 aliphatic carbocycles. The molecule has 1 saturated heterocycles. The Morgan fingerprint density at radius 1 is 1.13 bits per heavy atom. The van der Waals surface area contributed by atoms with Gasteiger partial charge in [-0.1, -0.05) is 42.1 Å². The minimum atomic E-state index is -0.119. The zero-order chi connectivity index (χ0) is 16.2. The second kappa shape index (κ2) is 7.87. The van der Waals surface area contributed by atoms with Gasteiger partial charge in [-0.3, -0.25) is 4.79 Å². The lowest BCUT2D eigenvalue weighted by molar-refractivity contribution is 0.0906. The van der Waals surface area contributed by atoms with Crippen LogP contribution in [0.5, 0.6) is 0 Å². The molecule has 1 amide bonds. The summed E-state index contributed by atoms with van der Waals surface area (Å²) in [5, 5.41) is 3.87. The van der Waals surface area contributed by atoms with Crippen LogP contribution < -0.4 is 5.32 Å². The van der Waals surface area contributed by atoms with E-state index in [0.717, 1.165) is 31.8 Å². The average Bonchev–Trinajstić information content (AvgIpc) is 3.05. The average molecular weight is 355 g/mol. The Kier molecular flexibility index (Phi) is 5.84. The lowest BCUT2D eigenvalue weighted by atomic mass is 10.0. The van der Waals surface area contributed by atoms with Gasteiger partial charge in [-0.05, 0) is 43.7 Å². The highest BCUT2D eigenvalue weighted by Crippen LogP contribution is 2.27. The van der Waals surface area contributed by atoms with Gasteiger partial charge in [0.15, 0.2) is 0 Å². The van der Waals surface area contributed by atoms with Crippen LogP contribution in [0.15, 0.2) is 18.2 Å². The van der Waals surface area contributed by atoms with Gasteiger partial charge in [0.2, 0.25) is 0 Å². The maximum atomic E-state index is 12.4. The van der Waals surface area contributed by atoms with Crippen LogP contribution in [-0.2, 0) is 0 Å². The molecule has 0 atom stereocenters. The first kappa shape index (κ1) is 17.1. The van der Waals surface area contributed by atoms with Crippen molar-refractivity contribution in [2.75, 3.05) is 19.6 Å². The quantitative estimate of drug-likeness (QED) is 0.869. The zero-order valence-corrected chi connectivity index (χ0v) is 14.9. The monoisotopic (exact) mass is 354 g/mol. The second-order valence-corrected chi connectivity index (χ2v) is 7.59. The number of amides is 1. The van der Waals surface area contributed by atoms with Gasteiger partial charge >= 0.3 is 0 Å². The summed E-state index contributed by atoms with van der Waals surface area (Å²) in [7, 11) is 0. The van der Waals surface area contributed by atoms with Crippen LogP contribution in [0.1, 0.15) is 48.9 Å². The topological polar surface area (TPSA) is 32.3 Å². The highest BCUT2D eigenvalue weighted by atomic mass is 35.5. The van der Waals surface area contributed by atoms with Crippen molar-refractivity contribution in [3.63, 3.8) is 0 Å². The summed E-state index contributed by atoms with van der Waals surface area (Å²) in [6, 6.07) is 5.41. The lowest BCUT2D eigenvalue weighted by Crippen LogP contribution is -2.45. The van der Waals surface area contributed by atoms with E-state index >= 15 is 0 Å². The van der Waals surface area contributed by atoms with Crippen LogP contribution in [-0.4, -0.2) is 36.5 Å². The highest BCUT2D eigenvalue weighted by molar-refractivity contribution is 6.43. The number of nitrogens with one attached hydrogen (secondary N) is 1. The summed E-state index contributed by atoms with van der Waals surface area (Å²) < 4.78 is 0. The van der Waals surface area contributed by atoms with Crippen molar-refractivity contribution in [1.82, 2.24) is 10.2 Å². The Bertz CT molecular complexity index is 550. The minimum Gasteiger partial charge on any atom is -0.349 e. The van der Waals surface area contributed by atoms with Gasteiger partial charge in [0, 0.05) is 25.7 Å². The van der Waals surface area contributed by atoms with Gasteiger partial charge in [-0.25, -0.2) is 0 Å². The van der Waals surface area contributed by atoms with E-state index in [9.17, 15) is 4.79 Å². The standard InChI is InChI=1S/C18H24Cl2N2O/c19-16-7-3-6-15(17(16)20)18(23)21-14-8-10-22(11-9-14)12-13-4-1-2-5-13/h3,6-7,13-14H,1-2,4-5,8-12H2,(H,21,23). The van der Waals surface area contributed by atoms with Crippen LogP contribution in [0, 0.1) is 5.92 Å². The highest BCUT2D eigenvalue weighted by Gasteiger charge is 2.25. The van der Waals surface area contributed by atoms with E-state index in [2.05, 4.69) is 10.2 Å². The third-order valence-corrected chi connectivity index (χ3v) is 5.93. The summed E-state index contributed by atoms with van der Waals surface area (Å²) in [4.78, 5) is 14.9. The molecule has 0 radical (unpaired) electrons. The van der Waals surface area contributed by atoms with Crippen LogP contribution in [0.25, 0.3) is 0 Å². The van der Waals surface area contributed by atoms with Gasteiger partial charge in [0.25, 0.3) is 5.91 Å². The number of likely N-dealkylation sites (tertiary alicyclic amines) is 1. The van der Waals surface area contributed by atoms with Crippen molar-refractivity contribution < 1.29 is 4.79 Å². The number of piperidine rings is 1. The SMILES string of the molecule is O=C(NC1CCN(CC2CCCC2)CC1)c1cccc(Cl)c1Cl. The molecular formula is C18H24Cl2N2O. The Morgan fingerprint density at radius 3 is 2.52 bits per heavy atom. The maximum Gasteiger partial charge on any atom is 0.253 e. The smallest absolute Gasteiger partial charge is 0.253 e. The molecule has 126 valence electrons. The first-order valence-electron chi connectivity index (χ1n) is 8.60. The summed E-state index contributed by atoms with van der Waals surface area (Å²) in [6.45, 7) is 3.39. The van der Waals surface area contributed by atoms with Crippen molar-refractivity contribution in [2.45, 2.75) is 44.6 Å². The minimum absolute atomic E-state index is 0.119. The van der Waals surface area contributed by atoms with Crippen molar-refractivity contribution in [1.29, 1.82) is 0 Å². The van der Waals surface area contributed by atoms with Crippen LogP contribution in [0.3, 0.4) is 0 Å². The van der Waals surface area contributed by atoms with E-state index in [-0.39, 0.29) is 11.9 Å². The van der Waals surface area contributed by atoms with E-state index in [4.69, 9.17) is 23.2 Å². The fraction of sp³-hybridized carbons (Fsp3) is 0.611. The molecule has 23 heavy (non-hydrogen) atoms. The molecule has 1 N–H and O–H groups in total. The van der Waals surface area contributed by atoms with Gasteiger partial charge in [-0.15, -0.1) is 0 Å². The molecule has 1 aromatic carbocycles. The van der Waals surface area contributed by atoms with Crippen LogP contribution >= 0.6 is 23.2 Å². The Hall–Kier alpha value is -0.770. The van der Waals surface area contributed by atoms with Crippen LogP contribution in [0.2, 0.25) is 10.0 Å². The van der Waals surface area contributed by atoms with E-state index in [1.54, 1.807) is 18.2 Å². The first-order valence-corrected chi connectivity index (χ1v) is 9.36. The van der Waals surface area contributed by atoms with Crippen molar-refractivity contribution in [2.24, 2.45) is 5.92 Å². The molecule has 1 heterocycles. The molecule has 1 aromatic rings. The first-order chi connectivity index (χ1) is 11.1. The lowest BCUT2D eigenvalue weighted by Gasteiger charge is -2.33. The Balaban J connectivity index is 1.48. The van der Waals surface area contributed by atoms with E-state index in [1.165, 1.54) is 32.2 Å². The summed E-state index contributed by atoms with van der Waals surface area (Å²) >= 11 is 12.1. The number of rotatable bonds is 4. The Labute approximate surface area is 148 Å². The molecule has 0 spiro atoms. The summed E-state index contributed by atoms with van der Waals surface area (Å²) in [6.07, 6.45) is 7.61. The Morgan fingerprint density at radius 2 is 1.83 bits per heavy atom. The second-order valence-electron chi connectivity index (χ2n) is 6.80. The molecule has 3 nitrogen and oxygen atoms in total. The van der Waals surface area contributed by atoms with Crippen molar-refractivity contribution >= 4 is 29.1 Å². The van der Waals surface area contributed by atoms with Crippen molar-refractivity contribution in [3.8, 4) is 0 Å². The zero-order valence-electron chi connectivity index (χ0n) is 13.4. The van der Waals surface area contributed by atoms with E-state index in [1.807, 2.05) is 0 Å². The molecular weight excluding hydrogens is 331 g/mol. The summed E-state index contributed by atoms with van der Waals surface area (Å²) in [5.41, 5.74) is 0.465. The molecule has 2 aliphatic rings. The molecule has 0 unspecified atom stereocenters. The maximum absolute atomic E-state index is 12.4. The molecule has 0 aromatic heterocycles. The number of carbonyl (C=O) groups excluding carboxylic acids is 1. The number of hydrogen-bond acceptors (Lipinski definition) is 2. The molecule has 0 bridgehead atoms. The molecule has 3 rings (SSSR count). The van der Waals surface area contributed by atoms with Gasteiger partial charge in [-0.2, -0.15) is 0 Å². The molecule has 5 heteroatoms. The molecule has 1 saturated carbocycles. The van der Waals surface area contributed by atoms with Crippen LogP contribution in [0.4, 0.5) is 0 Å². The fourth-order valence-electron chi connectivity index (χ4n) is 3.76. The van der Waals surface area contributed by atoms with Gasteiger partial charge in [0.1, 0.15) is 0 Å². The van der Waals surface area contributed by atoms with E-state index in [0.29, 0.717) is 15.6 Å². The number of benzene rings is 1. The predicted octanol–water partition coefficient (Wildman–Crippen LogP) is 4.38. The molecule has 2 fully saturated rings. The number of hydrogen-bond donors (Lipinski definition) is 1. The third kappa shape index (κ3) is 4.40. The fourth-order valence-corrected chi connectivity index (χ4v) is 4.15. The summed E-state index contributed by atoms with van der Waals surface area (Å²) in [5.74, 6) is 0.776. The third-order valence-electron chi connectivity index (χ3n) is 5.11.